The number of rotatable bonds is 2. The molecule has 0 radical (unpaired) electrons. The van der Waals surface area contributed by atoms with Crippen molar-refractivity contribution in [2.24, 2.45) is 0 Å². The quantitative estimate of drug-likeness (QED) is 0.461. The summed E-state index contributed by atoms with van der Waals surface area (Å²) in [7, 11) is 0.764. The molecular weight excluding hydrogens is 158 g/mol. The molecule has 0 aliphatic carbocycles. The Morgan fingerprint density at radius 1 is 1.55 bits per heavy atom. The zero-order valence-corrected chi connectivity index (χ0v) is 8.55. The molecule has 1 heterocycles. The van der Waals surface area contributed by atoms with Gasteiger partial charge in [0.2, 0.25) is 0 Å². The molecule has 0 N–H and O–H groups in total. The van der Waals surface area contributed by atoms with E-state index in [2.05, 4.69) is 24.2 Å². The normalized spacial score (nSPS) is 24.8. The van der Waals surface area contributed by atoms with Gasteiger partial charge in [-0.1, -0.05) is 19.6 Å². The molecule has 1 fully saturated rings. The molecule has 0 spiro atoms. The lowest BCUT2D eigenvalue weighted by atomic mass is 10.3. The predicted molar refractivity (Wildman–Crippen MR) is 45.6 cm³/mol. The van der Waals surface area contributed by atoms with E-state index in [1.165, 1.54) is 0 Å². The van der Waals surface area contributed by atoms with E-state index in [4.69, 9.17) is 4.74 Å². The van der Waals surface area contributed by atoms with Crippen LogP contribution in [-0.4, -0.2) is 32.0 Å². The molecule has 3 nitrogen and oxygen atoms in total. The second-order valence-electron chi connectivity index (χ2n) is 3.93. The molecule has 0 saturated carbocycles. The highest BCUT2D eigenvalue weighted by Crippen LogP contribution is 2.21. The van der Waals surface area contributed by atoms with Crippen molar-refractivity contribution in [1.82, 2.24) is 4.57 Å². The maximum absolute atomic E-state index is 10.5. The standard InChI is InChI=1S/C7H15NO2Si/c1-8(11(2,3)4)6-5-7(9)10-6/h6H,5H2,1-4H3. The maximum atomic E-state index is 10.5. The van der Waals surface area contributed by atoms with Gasteiger partial charge in [-0.05, 0) is 7.05 Å². The molecule has 1 unspecified atom stereocenters. The van der Waals surface area contributed by atoms with Crippen molar-refractivity contribution in [3.8, 4) is 0 Å². The number of hydrogen-bond donors (Lipinski definition) is 0. The summed E-state index contributed by atoms with van der Waals surface area (Å²) < 4.78 is 7.15. The van der Waals surface area contributed by atoms with Crippen LogP contribution in [0.15, 0.2) is 0 Å². The first-order chi connectivity index (χ1) is 4.91. The van der Waals surface area contributed by atoms with Gasteiger partial charge in [-0.15, -0.1) is 0 Å². The number of carbonyl (C=O) groups excluding carboxylic acids is 1. The van der Waals surface area contributed by atoms with E-state index >= 15 is 0 Å². The van der Waals surface area contributed by atoms with Crippen LogP contribution in [0.5, 0.6) is 0 Å². The molecular formula is C7H15NO2Si. The highest BCUT2D eigenvalue weighted by Gasteiger charge is 2.37. The van der Waals surface area contributed by atoms with E-state index in [0.717, 1.165) is 0 Å². The van der Waals surface area contributed by atoms with Gasteiger partial charge in [0.25, 0.3) is 0 Å². The van der Waals surface area contributed by atoms with Gasteiger partial charge >= 0.3 is 5.97 Å². The second-order valence-corrected chi connectivity index (χ2v) is 8.98. The van der Waals surface area contributed by atoms with Gasteiger partial charge in [-0.2, -0.15) is 0 Å². The van der Waals surface area contributed by atoms with Crippen LogP contribution in [0.3, 0.4) is 0 Å². The summed E-state index contributed by atoms with van der Waals surface area (Å²) in [5.74, 6) is -0.0694. The highest BCUT2D eigenvalue weighted by atomic mass is 28.3. The lowest BCUT2D eigenvalue weighted by Crippen LogP contribution is -2.55. The summed E-state index contributed by atoms with van der Waals surface area (Å²) in [6.07, 6.45) is 0.634. The SMILES string of the molecule is CN(C1CC(=O)O1)[Si](C)(C)C. The van der Waals surface area contributed by atoms with Gasteiger partial charge in [0.05, 0.1) is 6.42 Å². The zero-order chi connectivity index (χ0) is 8.65. The smallest absolute Gasteiger partial charge is 0.312 e. The van der Waals surface area contributed by atoms with Gasteiger partial charge in [0.1, 0.15) is 8.24 Å². The Hall–Kier alpha value is -0.353. The molecule has 0 bridgehead atoms. The fraction of sp³-hybridized carbons (Fsp3) is 0.857. The van der Waals surface area contributed by atoms with Crippen LogP contribution in [0.25, 0.3) is 0 Å². The third kappa shape index (κ3) is 1.81. The summed E-state index contributed by atoms with van der Waals surface area (Å²) in [6.45, 7) is 6.71. The minimum absolute atomic E-state index is 0.0640. The Morgan fingerprint density at radius 3 is 2.27 bits per heavy atom. The average Bonchev–Trinajstić information content (AvgIpc) is 1.77. The van der Waals surface area contributed by atoms with Crippen LogP contribution in [-0.2, 0) is 9.53 Å². The van der Waals surface area contributed by atoms with Gasteiger partial charge in [-0.25, -0.2) is 0 Å². The number of esters is 1. The number of hydrogen-bond acceptors (Lipinski definition) is 3. The van der Waals surface area contributed by atoms with Crippen LogP contribution >= 0.6 is 0 Å². The monoisotopic (exact) mass is 173 g/mol. The Kier molecular flexibility index (Phi) is 2.07. The maximum Gasteiger partial charge on any atom is 0.312 e. The minimum atomic E-state index is -1.27. The van der Waals surface area contributed by atoms with E-state index in [9.17, 15) is 4.79 Å². The molecule has 1 rings (SSSR count). The third-order valence-electron chi connectivity index (χ3n) is 2.10. The number of carbonyl (C=O) groups is 1. The summed E-state index contributed by atoms with van der Waals surface area (Å²) >= 11 is 0. The predicted octanol–water partition coefficient (Wildman–Crippen LogP) is 1.03. The van der Waals surface area contributed by atoms with E-state index in [1.54, 1.807) is 0 Å². The summed E-state index contributed by atoms with van der Waals surface area (Å²) in [6, 6.07) is 0. The summed E-state index contributed by atoms with van der Waals surface area (Å²) in [5.41, 5.74) is 0. The largest absolute Gasteiger partial charge is 0.446 e. The number of nitrogens with zero attached hydrogens (tertiary/aromatic N) is 1. The molecule has 1 atom stereocenters. The molecule has 64 valence electrons. The zero-order valence-electron chi connectivity index (χ0n) is 7.55. The van der Waals surface area contributed by atoms with Gasteiger partial charge in [-0.3, -0.25) is 9.36 Å². The number of cyclic esters (lactones) is 1. The first-order valence-electron chi connectivity index (χ1n) is 3.83. The van der Waals surface area contributed by atoms with Gasteiger partial charge < -0.3 is 4.74 Å². The first kappa shape index (κ1) is 8.74. The van der Waals surface area contributed by atoms with Crippen molar-refractivity contribution in [2.45, 2.75) is 32.3 Å². The molecule has 1 aliphatic rings. The topological polar surface area (TPSA) is 29.5 Å². The van der Waals surface area contributed by atoms with Crippen molar-refractivity contribution in [3.63, 3.8) is 0 Å². The minimum Gasteiger partial charge on any atom is -0.446 e. The average molecular weight is 173 g/mol. The Morgan fingerprint density at radius 2 is 2.00 bits per heavy atom. The molecule has 1 aliphatic heterocycles. The lowest BCUT2D eigenvalue weighted by molar-refractivity contribution is -0.180. The fourth-order valence-corrected chi connectivity index (χ4v) is 1.94. The van der Waals surface area contributed by atoms with Crippen LogP contribution in [0.4, 0.5) is 0 Å². The van der Waals surface area contributed by atoms with Crippen molar-refractivity contribution < 1.29 is 9.53 Å². The van der Waals surface area contributed by atoms with Crippen LogP contribution < -0.4 is 0 Å². The third-order valence-corrected chi connectivity index (χ3v) is 4.50. The second kappa shape index (κ2) is 2.60. The van der Waals surface area contributed by atoms with Gasteiger partial charge in [0.15, 0.2) is 6.23 Å². The molecule has 4 heteroatoms. The van der Waals surface area contributed by atoms with Crippen molar-refractivity contribution in [3.05, 3.63) is 0 Å². The van der Waals surface area contributed by atoms with Crippen molar-refractivity contribution in [2.75, 3.05) is 7.05 Å². The van der Waals surface area contributed by atoms with Crippen molar-refractivity contribution in [1.29, 1.82) is 0 Å². The van der Waals surface area contributed by atoms with E-state index < -0.39 is 8.24 Å². The molecule has 0 aromatic heterocycles. The molecule has 0 aromatic rings. The summed E-state index contributed by atoms with van der Waals surface area (Å²) in [4.78, 5) is 10.5. The lowest BCUT2D eigenvalue weighted by Gasteiger charge is -2.40. The van der Waals surface area contributed by atoms with Crippen LogP contribution in [0.1, 0.15) is 6.42 Å². The highest BCUT2D eigenvalue weighted by molar-refractivity contribution is 6.73. The van der Waals surface area contributed by atoms with E-state index in [1.807, 2.05) is 7.05 Å². The molecule has 0 amide bonds. The molecule has 0 aromatic carbocycles. The fourth-order valence-electron chi connectivity index (χ4n) is 0.933. The molecule has 1 saturated heterocycles. The van der Waals surface area contributed by atoms with E-state index in [0.29, 0.717) is 6.42 Å². The first-order valence-corrected chi connectivity index (χ1v) is 7.28. The van der Waals surface area contributed by atoms with Crippen LogP contribution in [0, 0.1) is 0 Å². The van der Waals surface area contributed by atoms with E-state index in [-0.39, 0.29) is 12.2 Å². The van der Waals surface area contributed by atoms with Crippen LogP contribution in [0.2, 0.25) is 19.6 Å². The number of ether oxygens (including phenoxy) is 1. The Labute approximate surface area is 68.4 Å². The Balaban J connectivity index is 2.43. The Bertz CT molecular complexity index is 168. The van der Waals surface area contributed by atoms with Gasteiger partial charge in [0, 0.05) is 0 Å². The van der Waals surface area contributed by atoms with Crippen molar-refractivity contribution >= 4 is 14.2 Å². The molecule has 11 heavy (non-hydrogen) atoms. The summed E-state index contributed by atoms with van der Waals surface area (Å²) in [5, 5.41) is 0.